The predicted octanol–water partition coefficient (Wildman–Crippen LogP) is 4.07. The molecular weight excluding hydrogens is 288 g/mol. The molecule has 4 rings (SSSR count). The molecule has 3 unspecified atom stereocenters. The van der Waals surface area contributed by atoms with E-state index in [4.69, 9.17) is 4.74 Å². The van der Waals surface area contributed by atoms with Gasteiger partial charge in [0.05, 0.1) is 18.0 Å². The predicted molar refractivity (Wildman–Crippen MR) is 90.0 cm³/mol. The van der Waals surface area contributed by atoms with E-state index in [1.165, 1.54) is 6.42 Å². The Kier molecular flexibility index (Phi) is 3.63. The Hall–Kier alpha value is -0.540. The minimum Gasteiger partial charge on any atom is -0.512 e. The molecule has 0 aromatic rings. The van der Waals surface area contributed by atoms with Crippen LogP contribution in [-0.4, -0.2) is 29.5 Å². The van der Waals surface area contributed by atoms with E-state index >= 15 is 0 Å². The van der Waals surface area contributed by atoms with Crippen LogP contribution >= 0.6 is 0 Å². The normalized spacial score (nSPS) is 55.6. The summed E-state index contributed by atoms with van der Waals surface area (Å²) in [5.41, 5.74) is 0.313. The lowest BCUT2D eigenvalue weighted by Crippen LogP contribution is -2.58. The van der Waals surface area contributed by atoms with E-state index in [0.717, 1.165) is 38.5 Å². The maximum atomic E-state index is 10.5. The van der Waals surface area contributed by atoms with E-state index in [2.05, 4.69) is 19.9 Å². The lowest BCUT2D eigenvalue weighted by Gasteiger charge is -2.62. The monoisotopic (exact) mass is 320 g/mol. The highest BCUT2D eigenvalue weighted by Gasteiger charge is 2.61. The number of methoxy groups -OCH3 is 1. The fourth-order valence-electron chi connectivity index (χ4n) is 6.97. The molecule has 0 spiro atoms. The van der Waals surface area contributed by atoms with Crippen LogP contribution in [0.2, 0.25) is 0 Å². The number of aliphatic hydroxyl groups excluding tert-OH is 2. The summed E-state index contributed by atoms with van der Waals surface area (Å²) in [6, 6.07) is 0. The molecule has 23 heavy (non-hydrogen) atoms. The van der Waals surface area contributed by atoms with Crippen LogP contribution in [0.5, 0.6) is 0 Å². The molecule has 0 aromatic carbocycles. The Bertz CT molecular complexity index is 515. The average Bonchev–Trinajstić information content (AvgIpc) is 2.83. The second-order valence-electron chi connectivity index (χ2n) is 9.21. The van der Waals surface area contributed by atoms with E-state index in [9.17, 15) is 10.2 Å². The summed E-state index contributed by atoms with van der Waals surface area (Å²) in [7, 11) is 1.86. The molecule has 3 nitrogen and oxygen atoms in total. The van der Waals surface area contributed by atoms with Crippen LogP contribution in [0.1, 0.15) is 58.8 Å². The smallest absolute Gasteiger partial charge is 0.0944 e. The minimum atomic E-state index is -0.117. The third-order valence-corrected chi connectivity index (χ3v) is 8.47. The summed E-state index contributed by atoms with van der Waals surface area (Å²) in [5, 5.41) is 20.6. The summed E-state index contributed by atoms with van der Waals surface area (Å²) in [6.07, 6.45) is 9.68. The second kappa shape index (κ2) is 5.23. The summed E-state index contributed by atoms with van der Waals surface area (Å²) < 4.78 is 5.99. The third kappa shape index (κ3) is 2.08. The van der Waals surface area contributed by atoms with Gasteiger partial charge in [0.2, 0.25) is 0 Å². The van der Waals surface area contributed by atoms with Gasteiger partial charge in [-0.1, -0.05) is 13.8 Å². The van der Waals surface area contributed by atoms with Crippen molar-refractivity contribution < 1.29 is 14.9 Å². The number of allylic oxidation sites excluding steroid dienone is 2. The Balaban J connectivity index is 1.70. The van der Waals surface area contributed by atoms with Gasteiger partial charge in [-0.05, 0) is 80.1 Å². The van der Waals surface area contributed by atoms with Crippen LogP contribution in [0, 0.1) is 34.5 Å². The highest BCUT2D eigenvalue weighted by Crippen LogP contribution is 2.66. The van der Waals surface area contributed by atoms with Crippen molar-refractivity contribution in [3.05, 3.63) is 11.8 Å². The first-order valence-corrected chi connectivity index (χ1v) is 9.50. The Morgan fingerprint density at radius 2 is 1.91 bits per heavy atom. The highest BCUT2D eigenvalue weighted by molar-refractivity contribution is 5.21. The van der Waals surface area contributed by atoms with Crippen LogP contribution in [0.4, 0.5) is 0 Å². The number of hydrogen-bond donors (Lipinski definition) is 2. The van der Waals surface area contributed by atoms with Crippen LogP contribution in [-0.2, 0) is 4.74 Å². The van der Waals surface area contributed by atoms with Crippen LogP contribution in [0.3, 0.4) is 0 Å². The number of aliphatic hydroxyl groups is 2. The van der Waals surface area contributed by atoms with Crippen molar-refractivity contribution in [1.29, 1.82) is 0 Å². The van der Waals surface area contributed by atoms with Crippen LogP contribution < -0.4 is 0 Å². The van der Waals surface area contributed by atoms with E-state index in [1.807, 2.05) is 7.11 Å². The molecule has 0 heterocycles. The second-order valence-corrected chi connectivity index (χ2v) is 9.21. The van der Waals surface area contributed by atoms with Crippen molar-refractivity contribution in [3.63, 3.8) is 0 Å². The number of fused-ring (bicyclic) bond motifs is 5. The summed E-state index contributed by atoms with van der Waals surface area (Å²) in [5.74, 6) is 2.97. The molecule has 130 valence electrons. The molecule has 0 saturated heterocycles. The van der Waals surface area contributed by atoms with Gasteiger partial charge in [0.1, 0.15) is 0 Å². The SMILES string of the molecule is COC1CC2CC(O)CC[C@]2(C)[C@@H]2CC[C@]3(C)C(O)=CC[C@H]3[C@H]12. The zero-order valence-corrected chi connectivity index (χ0v) is 14.8. The van der Waals surface area contributed by atoms with Crippen molar-refractivity contribution in [3.8, 4) is 0 Å². The maximum absolute atomic E-state index is 10.5. The molecule has 0 aromatic heterocycles. The van der Waals surface area contributed by atoms with Gasteiger partial charge in [-0.3, -0.25) is 0 Å². The van der Waals surface area contributed by atoms with E-state index in [-0.39, 0.29) is 17.6 Å². The lowest BCUT2D eigenvalue weighted by atomic mass is 9.44. The van der Waals surface area contributed by atoms with Crippen molar-refractivity contribution in [2.75, 3.05) is 7.11 Å². The van der Waals surface area contributed by atoms with E-state index in [1.54, 1.807) is 0 Å². The number of rotatable bonds is 1. The fraction of sp³-hybridized carbons (Fsp3) is 0.900. The summed E-state index contributed by atoms with van der Waals surface area (Å²) >= 11 is 0. The standard InChI is InChI=1S/C20H32O3/c1-19-8-6-13(21)10-12(19)11-16(23-3)18-14-4-5-17(22)20(14,2)9-7-15(18)19/h5,12-16,18,21-22H,4,6-11H2,1-3H3/t12?,13?,14-,15+,16?,18-,19-,20-/m0/s1. The molecule has 2 N–H and O–H groups in total. The zero-order valence-electron chi connectivity index (χ0n) is 14.8. The Labute approximate surface area is 140 Å². The summed E-state index contributed by atoms with van der Waals surface area (Å²) in [4.78, 5) is 0. The highest BCUT2D eigenvalue weighted by atomic mass is 16.5. The van der Waals surface area contributed by atoms with Crippen LogP contribution in [0.15, 0.2) is 11.8 Å². The molecule has 8 atom stereocenters. The maximum Gasteiger partial charge on any atom is 0.0944 e. The molecule has 4 aliphatic rings. The fourth-order valence-corrected chi connectivity index (χ4v) is 6.97. The minimum absolute atomic E-state index is 0.0324. The van der Waals surface area contributed by atoms with Crippen molar-refractivity contribution in [1.82, 2.24) is 0 Å². The molecule has 0 bridgehead atoms. The van der Waals surface area contributed by atoms with Gasteiger partial charge in [0, 0.05) is 12.5 Å². The molecule has 3 fully saturated rings. The molecule has 0 amide bonds. The van der Waals surface area contributed by atoms with Gasteiger partial charge >= 0.3 is 0 Å². The first-order valence-electron chi connectivity index (χ1n) is 9.50. The van der Waals surface area contributed by atoms with Gasteiger partial charge in [0.15, 0.2) is 0 Å². The van der Waals surface area contributed by atoms with Crippen molar-refractivity contribution in [2.45, 2.75) is 71.0 Å². The Morgan fingerprint density at radius 1 is 1.13 bits per heavy atom. The third-order valence-electron chi connectivity index (χ3n) is 8.47. The van der Waals surface area contributed by atoms with Crippen LogP contribution in [0.25, 0.3) is 0 Å². The van der Waals surface area contributed by atoms with Gasteiger partial charge in [0.25, 0.3) is 0 Å². The van der Waals surface area contributed by atoms with E-state index < -0.39 is 0 Å². The van der Waals surface area contributed by atoms with Gasteiger partial charge < -0.3 is 14.9 Å². The van der Waals surface area contributed by atoms with Crippen molar-refractivity contribution in [2.24, 2.45) is 34.5 Å². The van der Waals surface area contributed by atoms with Gasteiger partial charge in [-0.15, -0.1) is 0 Å². The van der Waals surface area contributed by atoms with Gasteiger partial charge in [-0.2, -0.15) is 0 Å². The quantitative estimate of drug-likeness (QED) is 0.766. The first-order chi connectivity index (χ1) is 10.9. The topological polar surface area (TPSA) is 49.7 Å². The molecule has 4 aliphatic carbocycles. The first kappa shape index (κ1) is 16.0. The molecular formula is C20H32O3. The lowest BCUT2D eigenvalue weighted by molar-refractivity contribution is -0.176. The van der Waals surface area contributed by atoms with Crippen molar-refractivity contribution >= 4 is 0 Å². The van der Waals surface area contributed by atoms with E-state index in [0.29, 0.717) is 34.8 Å². The average molecular weight is 320 g/mol. The molecule has 3 saturated carbocycles. The zero-order chi connectivity index (χ0) is 16.4. The summed E-state index contributed by atoms with van der Waals surface area (Å²) in [6.45, 7) is 4.75. The Morgan fingerprint density at radius 3 is 2.65 bits per heavy atom. The molecule has 0 aliphatic heterocycles. The molecule has 3 heteroatoms. The number of hydrogen-bond acceptors (Lipinski definition) is 3. The van der Waals surface area contributed by atoms with Gasteiger partial charge in [-0.25, -0.2) is 0 Å². The number of ether oxygens (including phenoxy) is 1. The largest absolute Gasteiger partial charge is 0.512 e. The molecule has 0 radical (unpaired) electrons.